The maximum Gasteiger partial charge on any atom is 0.0950 e. The van der Waals surface area contributed by atoms with Crippen molar-refractivity contribution in [3.8, 4) is 0 Å². The van der Waals surface area contributed by atoms with Crippen molar-refractivity contribution in [1.29, 1.82) is 0 Å². The van der Waals surface area contributed by atoms with Gasteiger partial charge in [0.1, 0.15) is 0 Å². The fraction of sp³-hybridized carbons (Fsp3) is 0.308. The summed E-state index contributed by atoms with van der Waals surface area (Å²) in [6.07, 6.45) is 0.733. The number of nitrogens with one attached hydrogen (secondary N) is 1. The van der Waals surface area contributed by atoms with Crippen molar-refractivity contribution < 1.29 is 0 Å². The Morgan fingerprint density at radius 1 is 1.42 bits per heavy atom. The topological polar surface area (TPSA) is 77.0 Å². The number of hydrogen-bond acceptors (Lipinski definition) is 5. The van der Waals surface area contributed by atoms with Crippen molar-refractivity contribution >= 4 is 33.0 Å². The summed E-state index contributed by atoms with van der Waals surface area (Å²) in [7, 11) is 0. The Morgan fingerprint density at radius 3 is 2.74 bits per heavy atom. The lowest BCUT2D eigenvalue weighted by atomic mass is 10.0. The van der Waals surface area contributed by atoms with E-state index in [1.165, 1.54) is 4.88 Å². The SMILES string of the molecule is Cc1nc(CC(NN)c2cc(Br)ccc2N)sc1C. The highest BCUT2D eigenvalue weighted by atomic mass is 79.9. The molecule has 0 amide bonds. The summed E-state index contributed by atoms with van der Waals surface area (Å²) in [5.41, 5.74) is 11.7. The number of nitrogen functional groups attached to an aromatic ring is 1. The van der Waals surface area contributed by atoms with Crippen molar-refractivity contribution in [3.63, 3.8) is 0 Å². The lowest BCUT2D eigenvalue weighted by Crippen LogP contribution is -2.30. The van der Waals surface area contributed by atoms with Gasteiger partial charge in [0, 0.05) is 21.5 Å². The van der Waals surface area contributed by atoms with E-state index >= 15 is 0 Å². The molecule has 0 fully saturated rings. The molecule has 1 aromatic carbocycles. The summed E-state index contributed by atoms with van der Waals surface area (Å²) in [5, 5.41) is 1.07. The van der Waals surface area contributed by atoms with E-state index < -0.39 is 0 Å². The molecule has 0 saturated carbocycles. The van der Waals surface area contributed by atoms with Gasteiger partial charge in [0.15, 0.2) is 0 Å². The van der Waals surface area contributed by atoms with Gasteiger partial charge >= 0.3 is 0 Å². The molecule has 102 valence electrons. The van der Waals surface area contributed by atoms with Gasteiger partial charge < -0.3 is 5.73 Å². The van der Waals surface area contributed by atoms with Gasteiger partial charge in [-0.05, 0) is 37.6 Å². The third-order valence-electron chi connectivity index (χ3n) is 3.08. The van der Waals surface area contributed by atoms with Gasteiger partial charge in [0.2, 0.25) is 0 Å². The van der Waals surface area contributed by atoms with Crippen LogP contribution in [0.4, 0.5) is 5.69 Å². The predicted molar refractivity (Wildman–Crippen MR) is 83.9 cm³/mol. The maximum absolute atomic E-state index is 6.02. The minimum atomic E-state index is -0.0394. The van der Waals surface area contributed by atoms with Crippen LogP contribution < -0.4 is 17.0 Å². The number of rotatable bonds is 4. The molecule has 19 heavy (non-hydrogen) atoms. The van der Waals surface area contributed by atoms with Crippen molar-refractivity contribution in [3.05, 3.63) is 43.8 Å². The third-order valence-corrected chi connectivity index (χ3v) is 4.67. The standard InChI is InChI=1S/C13H17BrN4S/c1-7-8(2)19-13(17-7)6-12(18-16)10-5-9(14)3-4-11(10)15/h3-5,12,18H,6,15-16H2,1-2H3. The fourth-order valence-corrected chi connectivity index (χ4v) is 3.27. The molecule has 6 heteroatoms. The van der Waals surface area contributed by atoms with Gasteiger partial charge in [-0.15, -0.1) is 11.3 Å². The summed E-state index contributed by atoms with van der Waals surface area (Å²) in [6, 6.07) is 5.75. The molecule has 1 aromatic heterocycles. The van der Waals surface area contributed by atoms with Crippen molar-refractivity contribution in [2.24, 2.45) is 5.84 Å². The van der Waals surface area contributed by atoms with Crippen molar-refractivity contribution in [2.45, 2.75) is 26.3 Å². The first-order valence-electron chi connectivity index (χ1n) is 5.95. The van der Waals surface area contributed by atoms with Gasteiger partial charge in [0.25, 0.3) is 0 Å². The molecular weight excluding hydrogens is 324 g/mol. The predicted octanol–water partition coefficient (Wildman–Crippen LogP) is 2.85. The van der Waals surface area contributed by atoms with E-state index in [1.807, 2.05) is 25.1 Å². The Balaban J connectivity index is 2.27. The Morgan fingerprint density at radius 2 is 2.16 bits per heavy atom. The van der Waals surface area contributed by atoms with Crippen LogP contribution in [0.5, 0.6) is 0 Å². The lowest BCUT2D eigenvalue weighted by Gasteiger charge is -2.17. The van der Waals surface area contributed by atoms with Crippen LogP contribution in [-0.2, 0) is 6.42 Å². The number of hydrazine groups is 1. The monoisotopic (exact) mass is 340 g/mol. The second-order valence-electron chi connectivity index (χ2n) is 4.45. The Hall–Kier alpha value is -0.950. The quantitative estimate of drug-likeness (QED) is 0.454. The highest BCUT2D eigenvalue weighted by Crippen LogP contribution is 2.28. The highest BCUT2D eigenvalue weighted by molar-refractivity contribution is 9.10. The van der Waals surface area contributed by atoms with E-state index in [1.54, 1.807) is 11.3 Å². The molecular formula is C13H17BrN4S. The summed E-state index contributed by atoms with van der Waals surface area (Å²) >= 11 is 5.16. The molecule has 1 heterocycles. The van der Waals surface area contributed by atoms with Crippen molar-refractivity contribution in [1.82, 2.24) is 10.4 Å². The van der Waals surface area contributed by atoms with Crippen LogP contribution >= 0.6 is 27.3 Å². The molecule has 2 aromatic rings. The number of hydrogen-bond donors (Lipinski definition) is 3. The molecule has 0 aliphatic rings. The van der Waals surface area contributed by atoms with Gasteiger partial charge in [-0.1, -0.05) is 15.9 Å². The number of nitrogens with zero attached hydrogens (tertiary/aromatic N) is 1. The molecule has 0 aliphatic carbocycles. The van der Waals surface area contributed by atoms with E-state index in [0.29, 0.717) is 0 Å². The minimum Gasteiger partial charge on any atom is -0.398 e. The van der Waals surface area contributed by atoms with Gasteiger partial charge in [-0.3, -0.25) is 11.3 Å². The first-order chi connectivity index (χ1) is 9.01. The summed E-state index contributed by atoms with van der Waals surface area (Å²) in [4.78, 5) is 5.79. The Bertz CT molecular complexity index is 563. The molecule has 0 saturated heterocycles. The smallest absolute Gasteiger partial charge is 0.0950 e. The van der Waals surface area contributed by atoms with Crippen LogP contribution in [0.3, 0.4) is 0 Å². The van der Waals surface area contributed by atoms with Crippen LogP contribution in [0.15, 0.2) is 22.7 Å². The van der Waals surface area contributed by atoms with Crippen LogP contribution in [0.25, 0.3) is 0 Å². The highest BCUT2D eigenvalue weighted by Gasteiger charge is 2.16. The maximum atomic E-state index is 6.02. The average molecular weight is 341 g/mol. The average Bonchev–Trinajstić information content (AvgIpc) is 2.69. The van der Waals surface area contributed by atoms with Gasteiger partial charge in [0.05, 0.1) is 16.7 Å². The third kappa shape index (κ3) is 3.33. The molecule has 0 bridgehead atoms. The molecule has 5 N–H and O–H groups in total. The molecule has 2 rings (SSSR count). The van der Waals surface area contributed by atoms with Crippen LogP contribution in [0.1, 0.15) is 27.2 Å². The van der Waals surface area contributed by atoms with Crippen molar-refractivity contribution in [2.75, 3.05) is 5.73 Å². The largest absolute Gasteiger partial charge is 0.398 e. The first kappa shape index (κ1) is 14.5. The number of halogens is 1. The summed E-state index contributed by atoms with van der Waals surface area (Å²) < 4.78 is 0.989. The van der Waals surface area contributed by atoms with Gasteiger partial charge in [-0.25, -0.2) is 4.98 Å². The zero-order valence-corrected chi connectivity index (χ0v) is 13.3. The number of anilines is 1. The number of aromatic nitrogens is 1. The second-order valence-corrected chi connectivity index (χ2v) is 6.65. The zero-order chi connectivity index (χ0) is 14.0. The van der Waals surface area contributed by atoms with E-state index in [9.17, 15) is 0 Å². The molecule has 0 aliphatic heterocycles. The number of thiazole rings is 1. The zero-order valence-electron chi connectivity index (χ0n) is 10.9. The normalized spacial score (nSPS) is 12.6. The molecule has 1 atom stereocenters. The number of benzene rings is 1. The molecule has 0 radical (unpaired) electrons. The van der Waals surface area contributed by atoms with E-state index in [0.717, 1.165) is 32.8 Å². The second kappa shape index (κ2) is 6.00. The molecule has 4 nitrogen and oxygen atoms in total. The Labute approximate surface area is 125 Å². The Kier molecular flexibility index (Phi) is 4.57. The summed E-state index contributed by atoms with van der Waals surface area (Å²) in [5.74, 6) is 5.67. The number of aryl methyl sites for hydroxylation is 2. The number of nitrogens with two attached hydrogens (primary N) is 2. The van der Waals surface area contributed by atoms with Gasteiger partial charge in [-0.2, -0.15) is 0 Å². The minimum absolute atomic E-state index is 0.0394. The molecule has 1 unspecified atom stereocenters. The summed E-state index contributed by atoms with van der Waals surface area (Å²) in [6.45, 7) is 4.10. The van der Waals surface area contributed by atoms with E-state index in [4.69, 9.17) is 11.6 Å². The fourth-order valence-electron chi connectivity index (χ4n) is 1.91. The first-order valence-corrected chi connectivity index (χ1v) is 7.56. The lowest BCUT2D eigenvalue weighted by molar-refractivity contribution is 0.551. The van der Waals surface area contributed by atoms with E-state index in [-0.39, 0.29) is 6.04 Å². The van der Waals surface area contributed by atoms with E-state index in [2.05, 4.69) is 33.3 Å². The van der Waals surface area contributed by atoms with Crippen LogP contribution in [-0.4, -0.2) is 4.98 Å². The van der Waals surface area contributed by atoms with Crippen LogP contribution in [0, 0.1) is 13.8 Å². The van der Waals surface area contributed by atoms with Crippen LogP contribution in [0.2, 0.25) is 0 Å². The molecule has 0 spiro atoms.